The highest BCUT2D eigenvalue weighted by molar-refractivity contribution is 7.80. The van der Waals surface area contributed by atoms with Gasteiger partial charge in [0.2, 0.25) is 5.95 Å². The van der Waals surface area contributed by atoms with E-state index in [2.05, 4.69) is 56.3 Å². The number of ether oxygens (including phenoxy) is 2. The van der Waals surface area contributed by atoms with Gasteiger partial charge in [0.05, 0.1) is 25.4 Å². The van der Waals surface area contributed by atoms with Gasteiger partial charge in [0, 0.05) is 38.3 Å². The van der Waals surface area contributed by atoms with Gasteiger partial charge in [0.15, 0.2) is 22.4 Å². The Balaban J connectivity index is 1.33. The monoisotopic (exact) mass is 529 g/mol. The second-order valence-electron chi connectivity index (χ2n) is 9.16. The molecule has 4 aromatic rings. The average Bonchev–Trinajstić information content (AvgIpc) is 2.95. The van der Waals surface area contributed by atoms with Crippen molar-refractivity contribution in [3.63, 3.8) is 0 Å². The maximum absolute atomic E-state index is 6.08. The predicted molar refractivity (Wildman–Crippen MR) is 155 cm³/mol. The number of anilines is 2. The number of aryl methyl sites for hydroxylation is 1. The zero-order chi connectivity index (χ0) is 26.6. The summed E-state index contributed by atoms with van der Waals surface area (Å²) in [7, 11) is 3.24. The summed E-state index contributed by atoms with van der Waals surface area (Å²) in [4.78, 5) is 18.4. The number of rotatable bonds is 6. The van der Waals surface area contributed by atoms with Crippen LogP contribution in [0.3, 0.4) is 0 Å². The molecule has 0 unspecified atom stereocenters. The lowest BCUT2D eigenvalue weighted by molar-refractivity contribution is 0.355. The minimum absolute atomic E-state index is 0.228. The maximum atomic E-state index is 6.08. The number of hydrogen-bond donors (Lipinski definition) is 2. The quantitative estimate of drug-likeness (QED) is 0.359. The smallest absolute Gasteiger partial charge is 0.222 e. The molecule has 5 rings (SSSR count). The van der Waals surface area contributed by atoms with Gasteiger partial charge in [-0.1, -0.05) is 29.8 Å². The summed E-state index contributed by atoms with van der Waals surface area (Å²) in [6, 6.07) is 18.0. The van der Waals surface area contributed by atoms with E-state index in [1.54, 1.807) is 14.2 Å². The van der Waals surface area contributed by atoms with E-state index in [0.29, 0.717) is 29.1 Å². The van der Waals surface area contributed by atoms with Gasteiger partial charge in [-0.25, -0.2) is 9.97 Å². The molecule has 9 nitrogen and oxygen atoms in total. The van der Waals surface area contributed by atoms with E-state index in [-0.39, 0.29) is 5.95 Å². The molecule has 38 heavy (non-hydrogen) atoms. The second-order valence-corrected chi connectivity index (χ2v) is 9.55. The largest absolute Gasteiger partial charge is 0.493 e. The van der Waals surface area contributed by atoms with E-state index in [1.807, 2.05) is 30.3 Å². The van der Waals surface area contributed by atoms with Gasteiger partial charge in [0.25, 0.3) is 0 Å². The van der Waals surface area contributed by atoms with Crippen LogP contribution in [0.4, 0.5) is 11.8 Å². The van der Waals surface area contributed by atoms with Crippen molar-refractivity contribution >= 4 is 40.1 Å². The molecule has 0 aliphatic carbocycles. The lowest BCUT2D eigenvalue weighted by Gasteiger charge is -2.37. The van der Waals surface area contributed by atoms with Gasteiger partial charge in [0.1, 0.15) is 5.52 Å². The fourth-order valence-electron chi connectivity index (χ4n) is 4.63. The molecule has 3 N–H and O–H groups in total. The Morgan fingerprint density at radius 2 is 1.74 bits per heavy atom. The number of benzene rings is 2. The highest BCUT2D eigenvalue weighted by atomic mass is 32.1. The number of hydrogen-bond acceptors (Lipinski definition) is 8. The van der Waals surface area contributed by atoms with Crippen LogP contribution >= 0.6 is 12.2 Å². The lowest BCUT2D eigenvalue weighted by atomic mass is 10.1. The Kier molecular flexibility index (Phi) is 7.41. The van der Waals surface area contributed by atoms with Gasteiger partial charge in [-0.15, -0.1) is 0 Å². The third-order valence-electron chi connectivity index (χ3n) is 6.61. The van der Waals surface area contributed by atoms with Crippen molar-refractivity contribution in [2.24, 2.45) is 0 Å². The first kappa shape index (κ1) is 25.5. The minimum atomic E-state index is 0.228. The summed E-state index contributed by atoms with van der Waals surface area (Å²) >= 11 is 5.69. The SMILES string of the molecule is COc1ccc(-c2ccc3nc(N)nc(N4CCN(C(=S)NCc5cccc(C)c5)CC4)c3n2)cc1OC. The highest BCUT2D eigenvalue weighted by Gasteiger charge is 2.23. The van der Waals surface area contributed by atoms with E-state index in [9.17, 15) is 0 Å². The number of methoxy groups -OCH3 is 2. The number of nitrogens with zero attached hydrogens (tertiary/aromatic N) is 5. The van der Waals surface area contributed by atoms with Crippen molar-refractivity contribution in [2.75, 3.05) is 51.0 Å². The van der Waals surface area contributed by atoms with Crippen LogP contribution in [0.2, 0.25) is 0 Å². The molecule has 0 bridgehead atoms. The molecule has 196 valence electrons. The van der Waals surface area contributed by atoms with Crippen molar-refractivity contribution in [1.29, 1.82) is 0 Å². The molecule has 0 atom stereocenters. The van der Waals surface area contributed by atoms with Crippen molar-refractivity contribution in [1.82, 2.24) is 25.2 Å². The van der Waals surface area contributed by atoms with Crippen LogP contribution in [-0.2, 0) is 6.54 Å². The Hall–Kier alpha value is -4.18. The minimum Gasteiger partial charge on any atom is -0.493 e. The van der Waals surface area contributed by atoms with Crippen LogP contribution in [0.5, 0.6) is 11.5 Å². The van der Waals surface area contributed by atoms with Gasteiger partial charge >= 0.3 is 0 Å². The van der Waals surface area contributed by atoms with E-state index >= 15 is 0 Å². The van der Waals surface area contributed by atoms with Gasteiger partial charge in [-0.05, 0) is 55.0 Å². The normalized spacial score (nSPS) is 13.4. The van der Waals surface area contributed by atoms with Crippen LogP contribution < -0.4 is 25.4 Å². The molecular formula is C28H31N7O2S. The van der Waals surface area contributed by atoms with Gasteiger partial charge in [-0.3, -0.25) is 0 Å². The Labute approximate surface area is 227 Å². The summed E-state index contributed by atoms with van der Waals surface area (Å²) in [6.45, 7) is 5.80. The first-order valence-corrected chi connectivity index (χ1v) is 12.9. The molecule has 0 amide bonds. The second kappa shape index (κ2) is 11.1. The molecule has 0 radical (unpaired) electrons. The molecule has 1 fully saturated rings. The zero-order valence-electron chi connectivity index (χ0n) is 21.8. The van der Waals surface area contributed by atoms with E-state index in [0.717, 1.165) is 48.4 Å². The third-order valence-corrected chi connectivity index (χ3v) is 7.02. The summed E-state index contributed by atoms with van der Waals surface area (Å²) in [5.41, 5.74) is 11.6. The summed E-state index contributed by atoms with van der Waals surface area (Å²) < 4.78 is 10.8. The number of pyridine rings is 1. The number of piperazine rings is 1. The third kappa shape index (κ3) is 5.40. The topological polar surface area (TPSA) is 102 Å². The molecule has 10 heteroatoms. The van der Waals surface area contributed by atoms with Crippen LogP contribution in [0.15, 0.2) is 54.6 Å². The number of nitrogens with two attached hydrogens (primary N) is 1. The number of nitrogens with one attached hydrogen (secondary N) is 1. The van der Waals surface area contributed by atoms with Crippen molar-refractivity contribution in [2.45, 2.75) is 13.5 Å². The van der Waals surface area contributed by atoms with Crippen molar-refractivity contribution in [3.05, 3.63) is 65.7 Å². The van der Waals surface area contributed by atoms with Crippen molar-refractivity contribution < 1.29 is 9.47 Å². The van der Waals surface area contributed by atoms with Gasteiger partial charge < -0.3 is 30.3 Å². The molecule has 2 aromatic heterocycles. The van der Waals surface area contributed by atoms with E-state index in [1.165, 1.54) is 11.1 Å². The maximum Gasteiger partial charge on any atom is 0.222 e. The number of fused-ring (bicyclic) bond motifs is 1. The van der Waals surface area contributed by atoms with Gasteiger partial charge in [-0.2, -0.15) is 4.98 Å². The lowest BCUT2D eigenvalue weighted by Crippen LogP contribution is -2.51. The first-order chi connectivity index (χ1) is 18.4. The number of thiocarbonyl (C=S) groups is 1. The molecule has 0 saturated carbocycles. The molecule has 3 heterocycles. The predicted octanol–water partition coefficient (Wildman–Crippen LogP) is 3.80. The Morgan fingerprint density at radius 3 is 2.47 bits per heavy atom. The van der Waals surface area contributed by atoms with E-state index in [4.69, 9.17) is 32.4 Å². The summed E-state index contributed by atoms with van der Waals surface area (Å²) in [6.07, 6.45) is 0. The first-order valence-electron chi connectivity index (χ1n) is 12.4. The van der Waals surface area contributed by atoms with Crippen LogP contribution in [0.1, 0.15) is 11.1 Å². The fourth-order valence-corrected chi connectivity index (χ4v) is 4.88. The average molecular weight is 530 g/mol. The Bertz CT molecular complexity index is 1470. The Morgan fingerprint density at radius 1 is 0.947 bits per heavy atom. The summed E-state index contributed by atoms with van der Waals surface area (Å²) in [5.74, 6) is 2.26. The zero-order valence-corrected chi connectivity index (χ0v) is 22.6. The molecular weight excluding hydrogens is 498 g/mol. The fraction of sp³-hybridized carbons (Fsp3) is 0.286. The van der Waals surface area contributed by atoms with Crippen molar-refractivity contribution in [3.8, 4) is 22.8 Å². The number of aromatic nitrogens is 3. The molecule has 1 saturated heterocycles. The van der Waals surface area contributed by atoms with Crippen LogP contribution in [0.25, 0.3) is 22.3 Å². The van der Waals surface area contributed by atoms with E-state index < -0.39 is 0 Å². The molecule has 0 spiro atoms. The van der Waals surface area contributed by atoms with Crippen LogP contribution in [0, 0.1) is 6.92 Å². The highest BCUT2D eigenvalue weighted by Crippen LogP contribution is 2.33. The van der Waals surface area contributed by atoms with Crippen LogP contribution in [-0.4, -0.2) is 65.4 Å². The molecule has 1 aliphatic heterocycles. The molecule has 1 aliphatic rings. The standard InChI is InChI=1S/C28H31N7O2S/c1-18-5-4-6-19(15-18)17-30-28(38)35-13-11-34(12-14-35)26-25-22(32-27(29)33-26)9-8-21(31-25)20-7-10-23(36-2)24(16-20)37-3/h4-10,15-16H,11-14,17H2,1-3H3,(H,30,38)(H2,29,32,33). The number of nitrogen functional groups attached to an aromatic ring is 1. The summed E-state index contributed by atoms with van der Waals surface area (Å²) in [5, 5.41) is 4.15. The molecule has 2 aromatic carbocycles.